The van der Waals surface area contributed by atoms with Gasteiger partial charge in [-0.05, 0) is 62.1 Å². The minimum absolute atomic E-state index is 0.0200. The van der Waals surface area contributed by atoms with Gasteiger partial charge in [-0.1, -0.05) is 24.3 Å². The molecule has 2 fully saturated rings. The predicted octanol–water partition coefficient (Wildman–Crippen LogP) is 3.67. The number of amides is 4. The molecule has 0 saturated carbocycles. The molecule has 0 aromatic heterocycles. The molecule has 0 bridgehead atoms. The molecule has 2 aromatic carbocycles. The minimum Gasteiger partial charge on any atom is -0.342 e. The van der Waals surface area contributed by atoms with Crippen LogP contribution < -0.4 is 10.6 Å². The minimum atomic E-state index is -0.284. The summed E-state index contributed by atoms with van der Waals surface area (Å²) in [6, 6.07) is 15.0. The van der Waals surface area contributed by atoms with E-state index in [-0.39, 0.29) is 72.7 Å². The molecule has 2 N–H and O–H groups in total. The number of hydrogen-bond donors (Lipinski definition) is 2. The van der Waals surface area contributed by atoms with Gasteiger partial charge in [0.05, 0.1) is 11.8 Å². The third kappa shape index (κ3) is 8.34. The Morgan fingerprint density at radius 1 is 0.595 bits per heavy atom. The monoisotopic (exact) mass is 574 g/mol. The number of carbonyl (C=O) groups excluding carboxylic acids is 6. The molecule has 4 rings (SSSR count). The van der Waals surface area contributed by atoms with Crippen molar-refractivity contribution in [2.24, 2.45) is 11.8 Å². The van der Waals surface area contributed by atoms with Gasteiger partial charge in [-0.2, -0.15) is 0 Å². The molecule has 2 heterocycles. The van der Waals surface area contributed by atoms with Crippen LogP contribution in [-0.2, 0) is 28.8 Å². The first-order valence-corrected chi connectivity index (χ1v) is 14.5. The molecule has 0 radical (unpaired) electrons. The van der Waals surface area contributed by atoms with Gasteiger partial charge < -0.3 is 30.0 Å². The quantitative estimate of drug-likeness (QED) is 0.421. The molecule has 2 atom stereocenters. The highest BCUT2D eigenvalue weighted by Gasteiger charge is 2.32. The van der Waals surface area contributed by atoms with Gasteiger partial charge in [0.15, 0.2) is 0 Å². The average Bonchev–Trinajstić information content (AvgIpc) is 3.67. The maximum Gasteiger partial charge on any atom is 0.229 e. The van der Waals surface area contributed by atoms with Gasteiger partial charge in [-0.3, -0.25) is 19.2 Å². The fourth-order valence-electron chi connectivity index (χ4n) is 5.26. The van der Waals surface area contributed by atoms with Crippen LogP contribution in [-0.4, -0.2) is 71.2 Å². The number of hydrogen-bond acceptors (Lipinski definition) is 6. The van der Waals surface area contributed by atoms with Crippen molar-refractivity contribution in [2.45, 2.75) is 52.4 Å². The lowest BCUT2D eigenvalue weighted by Gasteiger charge is -2.16. The summed E-state index contributed by atoms with van der Waals surface area (Å²) >= 11 is 0. The summed E-state index contributed by atoms with van der Waals surface area (Å²) in [4.78, 5) is 75.6. The fourth-order valence-corrected chi connectivity index (χ4v) is 5.26. The molecule has 4 amide bonds. The molecule has 2 aliphatic heterocycles. The van der Waals surface area contributed by atoms with Crippen LogP contribution in [0.4, 0.5) is 11.4 Å². The SMILES string of the molecule is CC(=O)CCC(=O)N1CC[C@H](C(=O)Nc2ccc(-c3ccc(NC(=O)[C@H]4CCN(C(=O)CCC(C)=O)C4)cc3)cc2)C1. The molecule has 0 unspecified atom stereocenters. The van der Waals surface area contributed by atoms with Crippen LogP contribution in [0.15, 0.2) is 48.5 Å². The standard InChI is InChI=1S/C32H38N4O6/c1-21(37)3-13-29(39)35-17-15-25(19-35)31(41)33-27-9-5-23(6-10-27)24-7-11-28(12-8-24)34-32(42)26-16-18-36(20-26)30(40)14-4-22(2)38/h5-12,25-26H,3-4,13-20H2,1-2H3,(H,33,41)(H,34,42)/t25-,26-/m0/s1. The largest absolute Gasteiger partial charge is 0.342 e. The van der Waals surface area contributed by atoms with Crippen molar-refractivity contribution in [1.29, 1.82) is 0 Å². The maximum absolute atomic E-state index is 12.8. The highest BCUT2D eigenvalue weighted by Crippen LogP contribution is 2.26. The number of benzene rings is 2. The van der Waals surface area contributed by atoms with E-state index >= 15 is 0 Å². The first kappa shape index (κ1) is 30.6. The Bertz CT molecular complexity index is 1230. The first-order valence-electron chi connectivity index (χ1n) is 14.5. The highest BCUT2D eigenvalue weighted by molar-refractivity contribution is 5.95. The topological polar surface area (TPSA) is 133 Å². The summed E-state index contributed by atoms with van der Waals surface area (Å²) in [7, 11) is 0. The first-order chi connectivity index (χ1) is 20.1. The molecule has 42 heavy (non-hydrogen) atoms. The summed E-state index contributed by atoms with van der Waals surface area (Å²) in [5.41, 5.74) is 3.23. The lowest BCUT2D eigenvalue weighted by atomic mass is 10.0. The molecule has 2 aliphatic rings. The number of nitrogens with zero attached hydrogens (tertiary/aromatic N) is 2. The van der Waals surface area contributed by atoms with Gasteiger partial charge in [-0.25, -0.2) is 0 Å². The van der Waals surface area contributed by atoms with E-state index in [1.165, 1.54) is 13.8 Å². The number of Topliss-reactive ketones (excluding diaryl/α,β-unsaturated/α-hetero) is 2. The zero-order valence-corrected chi connectivity index (χ0v) is 24.2. The second kappa shape index (κ2) is 14.0. The van der Waals surface area contributed by atoms with Crippen molar-refractivity contribution in [3.63, 3.8) is 0 Å². The van der Waals surface area contributed by atoms with E-state index in [0.29, 0.717) is 50.4 Å². The Morgan fingerprint density at radius 2 is 0.952 bits per heavy atom. The molecular formula is C32H38N4O6. The van der Waals surface area contributed by atoms with Crippen LogP contribution >= 0.6 is 0 Å². The van der Waals surface area contributed by atoms with Crippen molar-refractivity contribution < 1.29 is 28.8 Å². The van der Waals surface area contributed by atoms with E-state index in [1.807, 2.05) is 48.5 Å². The van der Waals surface area contributed by atoms with Crippen LogP contribution in [0.3, 0.4) is 0 Å². The van der Waals surface area contributed by atoms with Gasteiger partial charge in [0.1, 0.15) is 11.6 Å². The number of nitrogens with one attached hydrogen (secondary N) is 2. The van der Waals surface area contributed by atoms with Gasteiger partial charge >= 0.3 is 0 Å². The van der Waals surface area contributed by atoms with Crippen LogP contribution in [0.25, 0.3) is 11.1 Å². The summed E-state index contributed by atoms with van der Waals surface area (Å²) in [5, 5.41) is 5.87. The number of likely N-dealkylation sites (tertiary alicyclic amines) is 2. The fraction of sp³-hybridized carbons (Fsp3) is 0.438. The smallest absolute Gasteiger partial charge is 0.229 e. The van der Waals surface area contributed by atoms with Crippen molar-refractivity contribution >= 4 is 46.6 Å². The van der Waals surface area contributed by atoms with Crippen molar-refractivity contribution in [3.05, 3.63) is 48.5 Å². The Balaban J connectivity index is 1.24. The van der Waals surface area contributed by atoms with E-state index in [4.69, 9.17) is 0 Å². The third-order valence-electron chi connectivity index (χ3n) is 7.84. The zero-order chi connectivity index (χ0) is 30.2. The van der Waals surface area contributed by atoms with Crippen molar-refractivity contribution in [2.75, 3.05) is 36.8 Å². The second-order valence-electron chi connectivity index (χ2n) is 11.2. The van der Waals surface area contributed by atoms with E-state index in [2.05, 4.69) is 10.6 Å². The number of carbonyl (C=O) groups is 6. The van der Waals surface area contributed by atoms with Crippen LogP contribution in [0.2, 0.25) is 0 Å². The van der Waals surface area contributed by atoms with Crippen LogP contribution in [0.1, 0.15) is 52.4 Å². The molecular weight excluding hydrogens is 536 g/mol. The van der Waals surface area contributed by atoms with Crippen molar-refractivity contribution in [3.8, 4) is 11.1 Å². The zero-order valence-electron chi connectivity index (χ0n) is 24.2. The summed E-state index contributed by atoms with van der Waals surface area (Å²) in [6.07, 6.45) is 2.01. The molecule has 0 aliphatic carbocycles. The van der Waals surface area contributed by atoms with Gasteiger partial charge in [0.25, 0.3) is 0 Å². The lowest BCUT2D eigenvalue weighted by molar-refractivity contribution is -0.132. The Kier molecular flexibility index (Phi) is 10.2. The van der Waals surface area contributed by atoms with Gasteiger partial charge in [0.2, 0.25) is 23.6 Å². The van der Waals surface area contributed by atoms with Gasteiger partial charge in [-0.15, -0.1) is 0 Å². The van der Waals surface area contributed by atoms with Crippen LogP contribution in [0, 0.1) is 11.8 Å². The van der Waals surface area contributed by atoms with Crippen molar-refractivity contribution in [1.82, 2.24) is 9.80 Å². The third-order valence-corrected chi connectivity index (χ3v) is 7.84. The number of ketones is 2. The Morgan fingerprint density at radius 3 is 1.29 bits per heavy atom. The highest BCUT2D eigenvalue weighted by atomic mass is 16.2. The molecule has 2 aromatic rings. The normalized spacial score (nSPS) is 18.0. The average molecular weight is 575 g/mol. The van der Waals surface area contributed by atoms with E-state index < -0.39 is 0 Å². The van der Waals surface area contributed by atoms with Gasteiger partial charge in [0, 0.05) is 63.2 Å². The molecule has 0 spiro atoms. The lowest BCUT2D eigenvalue weighted by Crippen LogP contribution is -2.31. The second-order valence-corrected chi connectivity index (χ2v) is 11.2. The van der Waals surface area contributed by atoms with E-state index in [9.17, 15) is 28.8 Å². The number of anilines is 2. The number of rotatable bonds is 11. The maximum atomic E-state index is 12.8. The predicted molar refractivity (Wildman–Crippen MR) is 158 cm³/mol. The Labute approximate surface area is 245 Å². The van der Waals surface area contributed by atoms with E-state index in [1.54, 1.807) is 9.80 Å². The Hall–Kier alpha value is -4.34. The summed E-state index contributed by atoms with van der Waals surface area (Å²) in [6.45, 7) is 4.69. The molecule has 10 heteroatoms. The summed E-state index contributed by atoms with van der Waals surface area (Å²) < 4.78 is 0. The molecule has 2 saturated heterocycles. The summed E-state index contributed by atoms with van der Waals surface area (Å²) in [5.74, 6) is -1.04. The van der Waals surface area contributed by atoms with E-state index in [0.717, 1.165) is 11.1 Å². The van der Waals surface area contributed by atoms with Crippen LogP contribution in [0.5, 0.6) is 0 Å². The molecule has 10 nitrogen and oxygen atoms in total. The molecule has 222 valence electrons.